The Bertz CT molecular complexity index is 1330. The fraction of sp³-hybridized carbons (Fsp3) is 0.400. The Kier molecular flexibility index (Phi) is 8.01. The molecule has 12 heteroatoms. The average Bonchev–Trinajstić information content (AvgIpc) is 3.24. The molecule has 2 amide bonds. The summed E-state index contributed by atoms with van der Waals surface area (Å²) in [7, 11) is -3.32. The lowest BCUT2D eigenvalue weighted by Gasteiger charge is -2.26. The summed E-state index contributed by atoms with van der Waals surface area (Å²) in [6, 6.07) is 12.0. The molecule has 3 atom stereocenters. The van der Waals surface area contributed by atoms with Gasteiger partial charge in [0.05, 0.1) is 23.2 Å². The number of carbonyl (C=O) groups is 2. The number of amidine groups is 1. The van der Waals surface area contributed by atoms with Crippen LogP contribution in [0.15, 0.2) is 58.0 Å². The van der Waals surface area contributed by atoms with E-state index in [1.165, 1.54) is 17.0 Å². The molecule has 37 heavy (non-hydrogen) atoms. The summed E-state index contributed by atoms with van der Waals surface area (Å²) >= 11 is 4.37. The van der Waals surface area contributed by atoms with Crippen LogP contribution in [-0.4, -0.2) is 60.0 Å². The van der Waals surface area contributed by atoms with Crippen LogP contribution in [-0.2, 0) is 25.8 Å². The van der Waals surface area contributed by atoms with E-state index in [2.05, 4.69) is 26.2 Å². The number of thioether (sulfide) groups is 1. The Labute approximate surface area is 228 Å². The van der Waals surface area contributed by atoms with Gasteiger partial charge in [-0.15, -0.1) is 0 Å². The first-order valence-electron chi connectivity index (χ1n) is 11.6. The van der Waals surface area contributed by atoms with Gasteiger partial charge >= 0.3 is 6.09 Å². The summed E-state index contributed by atoms with van der Waals surface area (Å²) in [5, 5.41) is 2.41. The van der Waals surface area contributed by atoms with E-state index in [0.29, 0.717) is 4.47 Å². The quantitative estimate of drug-likeness (QED) is 0.536. The Balaban J connectivity index is 1.67. The monoisotopic (exact) mass is 611 g/mol. The van der Waals surface area contributed by atoms with Gasteiger partial charge in [-0.05, 0) is 44.5 Å². The lowest BCUT2D eigenvalue weighted by molar-refractivity contribution is -0.119. The van der Waals surface area contributed by atoms with Gasteiger partial charge < -0.3 is 15.0 Å². The number of nitrogens with one attached hydrogen (secondary N) is 1. The van der Waals surface area contributed by atoms with E-state index < -0.39 is 50.6 Å². The van der Waals surface area contributed by atoms with Crippen molar-refractivity contribution in [1.29, 1.82) is 0 Å². The average molecular weight is 613 g/mol. The van der Waals surface area contributed by atoms with E-state index in [4.69, 9.17) is 4.74 Å². The number of hydrogen-bond acceptors (Lipinski definition) is 6. The molecule has 4 rings (SSSR count). The summed E-state index contributed by atoms with van der Waals surface area (Å²) < 4.78 is 45.5. The molecule has 2 fully saturated rings. The summed E-state index contributed by atoms with van der Waals surface area (Å²) in [5.41, 5.74) is 0.165. The minimum Gasteiger partial charge on any atom is -0.444 e. The van der Waals surface area contributed by atoms with E-state index in [9.17, 15) is 22.4 Å². The molecule has 0 spiro atoms. The molecule has 0 unspecified atom stereocenters. The van der Waals surface area contributed by atoms with Crippen molar-refractivity contribution in [2.45, 2.75) is 50.1 Å². The molecule has 2 aromatic carbocycles. The van der Waals surface area contributed by atoms with Crippen molar-refractivity contribution in [2.24, 2.45) is 4.99 Å². The van der Waals surface area contributed by atoms with Gasteiger partial charge in [0.15, 0.2) is 15.0 Å². The van der Waals surface area contributed by atoms with Crippen LogP contribution in [0.3, 0.4) is 0 Å². The zero-order chi connectivity index (χ0) is 27.0. The molecule has 2 heterocycles. The number of alkyl carbamates (subject to hydrolysis) is 1. The number of amides is 2. The van der Waals surface area contributed by atoms with Gasteiger partial charge in [0.2, 0.25) is 0 Å². The zero-order valence-corrected chi connectivity index (χ0v) is 23.7. The van der Waals surface area contributed by atoms with Crippen molar-refractivity contribution in [3.05, 3.63) is 64.4 Å². The summed E-state index contributed by atoms with van der Waals surface area (Å²) in [4.78, 5) is 31.8. The molecule has 198 valence electrons. The van der Waals surface area contributed by atoms with Crippen molar-refractivity contribution < 1.29 is 27.1 Å². The second-order valence-electron chi connectivity index (χ2n) is 9.89. The summed E-state index contributed by atoms with van der Waals surface area (Å²) in [6.07, 6.45) is -0.603. The van der Waals surface area contributed by atoms with E-state index in [-0.39, 0.29) is 28.8 Å². The van der Waals surface area contributed by atoms with Crippen LogP contribution in [0.25, 0.3) is 0 Å². The van der Waals surface area contributed by atoms with Crippen LogP contribution in [0.4, 0.5) is 14.9 Å². The molecule has 2 aliphatic heterocycles. The number of rotatable bonds is 5. The van der Waals surface area contributed by atoms with E-state index in [1.807, 2.05) is 30.3 Å². The van der Waals surface area contributed by atoms with Crippen molar-refractivity contribution in [3.8, 4) is 0 Å². The van der Waals surface area contributed by atoms with E-state index in [0.717, 1.165) is 17.3 Å². The zero-order valence-electron chi connectivity index (χ0n) is 20.5. The highest BCUT2D eigenvalue weighted by molar-refractivity contribution is 9.10. The van der Waals surface area contributed by atoms with Crippen LogP contribution in [0.1, 0.15) is 26.3 Å². The predicted octanol–water partition coefficient (Wildman–Crippen LogP) is 4.33. The second-order valence-corrected chi connectivity index (χ2v) is 14.2. The number of carbonyl (C=O) groups excluding carboxylic acids is 2. The fourth-order valence-electron chi connectivity index (χ4n) is 4.19. The van der Waals surface area contributed by atoms with Gasteiger partial charge in [-0.1, -0.05) is 58.0 Å². The third kappa shape index (κ3) is 6.91. The molecule has 8 nitrogen and oxygen atoms in total. The molecule has 2 aliphatic rings. The number of sulfone groups is 1. The number of halogens is 2. The van der Waals surface area contributed by atoms with Crippen molar-refractivity contribution in [2.75, 3.05) is 16.4 Å². The number of aliphatic imine (C=N–C) groups is 1. The Morgan fingerprint density at radius 2 is 1.92 bits per heavy atom. The maximum Gasteiger partial charge on any atom is 0.408 e. The third-order valence-corrected chi connectivity index (χ3v) is 9.42. The van der Waals surface area contributed by atoms with Crippen LogP contribution < -0.4 is 10.2 Å². The maximum absolute atomic E-state index is 15.0. The molecule has 0 saturated carbocycles. The van der Waals surface area contributed by atoms with Crippen LogP contribution in [0.2, 0.25) is 0 Å². The third-order valence-electron chi connectivity index (χ3n) is 5.71. The van der Waals surface area contributed by atoms with Crippen molar-refractivity contribution >= 4 is 60.4 Å². The fourth-order valence-corrected chi connectivity index (χ4v) is 8.44. The number of fused-ring (bicyclic) bond motifs is 1. The second kappa shape index (κ2) is 10.7. The summed E-state index contributed by atoms with van der Waals surface area (Å²) in [6.45, 7) is 5.15. The van der Waals surface area contributed by atoms with Gasteiger partial charge in [-0.25, -0.2) is 17.6 Å². The van der Waals surface area contributed by atoms with Gasteiger partial charge in [-0.3, -0.25) is 4.79 Å². The van der Waals surface area contributed by atoms with E-state index >= 15 is 0 Å². The van der Waals surface area contributed by atoms with Crippen LogP contribution in [0, 0.1) is 5.82 Å². The highest BCUT2D eigenvalue weighted by Crippen LogP contribution is 2.42. The molecule has 2 aromatic rings. The normalized spacial score (nSPS) is 22.5. The van der Waals surface area contributed by atoms with Crippen molar-refractivity contribution in [3.63, 3.8) is 0 Å². The molecular weight excluding hydrogens is 585 g/mol. The van der Waals surface area contributed by atoms with Gasteiger partial charge in [0, 0.05) is 16.1 Å². The molecule has 0 bridgehead atoms. The molecule has 2 saturated heterocycles. The topological polar surface area (TPSA) is 105 Å². The minimum atomic E-state index is -3.32. The molecule has 0 aliphatic carbocycles. The van der Waals surface area contributed by atoms with E-state index in [1.54, 1.807) is 26.8 Å². The minimum absolute atomic E-state index is 0.0895. The van der Waals surface area contributed by atoms with Crippen molar-refractivity contribution in [1.82, 2.24) is 5.32 Å². The highest BCUT2D eigenvalue weighted by Gasteiger charge is 2.50. The van der Waals surface area contributed by atoms with Gasteiger partial charge in [0.1, 0.15) is 17.5 Å². The van der Waals surface area contributed by atoms with Crippen LogP contribution >= 0.6 is 27.7 Å². The summed E-state index contributed by atoms with van der Waals surface area (Å²) in [5.74, 6) is -1.49. The SMILES string of the molecule is CC(C)(C)OC(=O)N[C@@H](Cc1ccccc1)C(=O)N=C1S[C@H]2CS(=O)(=O)C[C@@H]2N1c1ccc(Br)cc1F. The maximum atomic E-state index is 15.0. The lowest BCUT2D eigenvalue weighted by Crippen LogP contribution is -2.45. The first-order chi connectivity index (χ1) is 17.3. The number of hydrogen-bond donors (Lipinski definition) is 1. The first kappa shape index (κ1) is 27.6. The molecule has 1 N–H and O–H groups in total. The smallest absolute Gasteiger partial charge is 0.408 e. The Morgan fingerprint density at radius 3 is 2.57 bits per heavy atom. The van der Waals surface area contributed by atoms with Gasteiger partial charge in [0.25, 0.3) is 5.91 Å². The first-order valence-corrected chi connectivity index (χ1v) is 15.1. The molecule has 0 radical (unpaired) electrons. The largest absolute Gasteiger partial charge is 0.444 e. The lowest BCUT2D eigenvalue weighted by atomic mass is 10.1. The van der Waals surface area contributed by atoms with Gasteiger partial charge in [-0.2, -0.15) is 4.99 Å². The highest BCUT2D eigenvalue weighted by atomic mass is 79.9. The van der Waals surface area contributed by atoms with Crippen LogP contribution in [0.5, 0.6) is 0 Å². The number of benzene rings is 2. The number of nitrogens with zero attached hydrogens (tertiary/aromatic N) is 2. The Morgan fingerprint density at radius 1 is 1.22 bits per heavy atom. The predicted molar refractivity (Wildman–Crippen MR) is 146 cm³/mol. The standard InChI is InChI=1S/C25H27BrFN3O5S2/c1-25(2,3)35-24(32)28-18(11-15-7-5-4-6-8-15)22(31)29-23-30(19-10-9-16(26)12-17(19)27)20-13-37(33,34)14-21(20)36-23/h4-10,12,18,20-21H,11,13-14H2,1-3H3,(H,28,32)/t18-,20-,21-/m0/s1. The number of ether oxygens (including phenoxy) is 1. The Hall–Kier alpha value is -2.44. The molecular formula is C25H27BrFN3O5S2. The number of anilines is 1. The molecule has 0 aromatic heterocycles.